The molecule has 1 aliphatic carbocycles. The Balaban J connectivity index is 1.85. The van der Waals surface area contributed by atoms with Gasteiger partial charge in [-0.15, -0.1) is 0 Å². The van der Waals surface area contributed by atoms with Crippen molar-refractivity contribution in [3.8, 4) is 11.3 Å². The summed E-state index contributed by atoms with van der Waals surface area (Å²) in [6.07, 6.45) is -0.582. The van der Waals surface area contributed by atoms with E-state index in [0.29, 0.717) is 29.3 Å². The van der Waals surface area contributed by atoms with Crippen LogP contribution in [-0.2, 0) is 18.1 Å². The molecule has 32 heavy (non-hydrogen) atoms. The van der Waals surface area contributed by atoms with Gasteiger partial charge >= 0.3 is 6.18 Å². The number of halogens is 3. The van der Waals surface area contributed by atoms with E-state index < -0.39 is 17.2 Å². The van der Waals surface area contributed by atoms with Crippen molar-refractivity contribution in [3.05, 3.63) is 71.4 Å². The number of rotatable bonds is 5. The van der Waals surface area contributed by atoms with Crippen molar-refractivity contribution >= 4 is 11.6 Å². The van der Waals surface area contributed by atoms with Gasteiger partial charge in [-0.3, -0.25) is 9.48 Å². The Bertz CT molecular complexity index is 1120. The molecular formula is C25H26F3N3O. The minimum absolute atomic E-state index is 0.0189. The van der Waals surface area contributed by atoms with E-state index in [2.05, 4.69) is 10.4 Å². The minimum atomic E-state index is -4.56. The molecule has 0 atom stereocenters. The second-order valence-corrected chi connectivity index (χ2v) is 9.34. The molecule has 0 saturated heterocycles. The number of carbonyl (C=O) groups excluding carboxylic acids is 1. The number of nitrogens with one attached hydrogen (secondary N) is 1. The molecule has 1 heterocycles. The molecule has 1 fully saturated rings. The molecule has 0 aliphatic heterocycles. The van der Waals surface area contributed by atoms with Gasteiger partial charge in [0, 0.05) is 29.6 Å². The summed E-state index contributed by atoms with van der Waals surface area (Å²) in [4.78, 5) is 12.8. The van der Waals surface area contributed by atoms with Crippen LogP contribution in [0, 0.1) is 5.92 Å². The summed E-state index contributed by atoms with van der Waals surface area (Å²) in [5.74, 6) is 0.171. The Morgan fingerprint density at radius 1 is 1.06 bits per heavy atom. The van der Waals surface area contributed by atoms with Gasteiger partial charge in [0.1, 0.15) is 0 Å². The highest BCUT2D eigenvalue weighted by Crippen LogP contribution is 2.45. The molecule has 4 nitrogen and oxygen atoms in total. The van der Waals surface area contributed by atoms with Crippen molar-refractivity contribution in [2.45, 2.75) is 51.7 Å². The molecule has 1 saturated carbocycles. The SMILES string of the molecule is CC(C)(C)c1c(NC(=O)c2ccccc2)ccc(C(F)(F)F)c1-c1ccn(CC2CC2)n1. The Morgan fingerprint density at radius 3 is 2.34 bits per heavy atom. The van der Waals surface area contributed by atoms with E-state index in [1.165, 1.54) is 6.07 Å². The summed E-state index contributed by atoms with van der Waals surface area (Å²) in [5, 5.41) is 7.32. The third-order valence-corrected chi connectivity index (χ3v) is 5.58. The lowest BCUT2D eigenvalue weighted by Crippen LogP contribution is -2.22. The first-order valence-electron chi connectivity index (χ1n) is 10.7. The van der Waals surface area contributed by atoms with E-state index in [0.717, 1.165) is 18.9 Å². The molecule has 0 bridgehead atoms. The van der Waals surface area contributed by atoms with Crippen LogP contribution in [0.15, 0.2) is 54.7 Å². The Morgan fingerprint density at radius 2 is 1.75 bits per heavy atom. The first-order valence-corrected chi connectivity index (χ1v) is 10.7. The van der Waals surface area contributed by atoms with E-state index in [9.17, 15) is 18.0 Å². The average molecular weight is 441 g/mol. The number of benzene rings is 2. The van der Waals surface area contributed by atoms with Crippen molar-refractivity contribution in [2.24, 2.45) is 5.92 Å². The molecule has 1 N–H and O–H groups in total. The fourth-order valence-corrected chi connectivity index (χ4v) is 3.93. The molecule has 3 aromatic rings. The summed E-state index contributed by atoms with van der Waals surface area (Å²) < 4.78 is 43.9. The number of amides is 1. The molecule has 1 aliphatic rings. The summed E-state index contributed by atoms with van der Waals surface area (Å²) >= 11 is 0. The van der Waals surface area contributed by atoms with Crippen molar-refractivity contribution in [1.29, 1.82) is 0 Å². The van der Waals surface area contributed by atoms with E-state index in [-0.39, 0.29) is 17.2 Å². The molecule has 168 valence electrons. The van der Waals surface area contributed by atoms with E-state index in [1.807, 2.05) is 20.8 Å². The lowest BCUT2D eigenvalue weighted by Gasteiger charge is -2.28. The van der Waals surface area contributed by atoms with Gasteiger partial charge in [0.15, 0.2) is 0 Å². The van der Waals surface area contributed by atoms with Gasteiger partial charge in [0.25, 0.3) is 5.91 Å². The maximum absolute atomic E-state index is 14.1. The molecule has 2 aromatic carbocycles. The van der Waals surface area contributed by atoms with Crippen molar-refractivity contribution < 1.29 is 18.0 Å². The van der Waals surface area contributed by atoms with Crippen LogP contribution in [0.5, 0.6) is 0 Å². The molecule has 1 amide bonds. The Labute approximate surface area is 185 Å². The predicted octanol–water partition coefficient (Wildman–Crippen LogP) is 6.53. The largest absolute Gasteiger partial charge is 0.417 e. The highest BCUT2D eigenvalue weighted by molar-refractivity contribution is 6.05. The second kappa shape index (κ2) is 8.11. The van der Waals surface area contributed by atoms with Crippen molar-refractivity contribution in [2.75, 3.05) is 5.32 Å². The number of carbonyl (C=O) groups is 1. The van der Waals surface area contributed by atoms with Gasteiger partial charge in [-0.1, -0.05) is 39.0 Å². The van der Waals surface area contributed by atoms with Crippen LogP contribution in [0.4, 0.5) is 18.9 Å². The molecule has 7 heteroatoms. The first kappa shape index (κ1) is 22.1. The topological polar surface area (TPSA) is 46.9 Å². The maximum Gasteiger partial charge on any atom is 0.417 e. The zero-order valence-corrected chi connectivity index (χ0v) is 18.3. The van der Waals surface area contributed by atoms with Gasteiger partial charge in [-0.05, 0) is 60.1 Å². The number of alkyl halides is 3. The van der Waals surface area contributed by atoms with Gasteiger partial charge in [-0.2, -0.15) is 18.3 Å². The summed E-state index contributed by atoms with van der Waals surface area (Å²) in [6, 6.07) is 12.6. The minimum Gasteiger partial charge on any atom is -0.322 e. The molecule has 1 aromatic heterocycles. The number of hydrogen-bond donors (Lipinski definition) is 1. The number of anilines is 1. The fraction of sp³-hybridized carbons (Fsp3) is 0.360. The first-order chi connectivity index (χ1) is 15.0. The van der Waals surface area contributed by atoms with Crippen LogP contribution in [0.2, 0.25) is 0 Å². The number of nitrogens with zero attached hydrogens (tertiary/aromatic N) is 2. The van der Waals surface area contributed by atoms with Gasteiger partial charge in [-0.25, -0.2) is 0 Å². The fourth-order valence-electron chi connectivity index (χ4n) is 3.93. The van der Waals surface area contributed by atoms with Crippen molar-refractivity contribution in [1.82, 2.24) is 9.78 Å². The van der Waals surface area contributed by atoms with Gasteiger partial charge in [0.05, 0.1) is 11.3 Å². The smallest absolute Gasteiger partial charge is 0.322 e. The molecule has 0 spiro atoms. The monoisotopic (exact) mass is 441 g/mol. The van der Waals surface area contributed by atoms with Crippen LogP contribution in [0.25, 0.3) is 11.3 Å². The zero-order chi connectivity index (χ0) is 23.1. The Hall–Kier alpha value is -3.09. The number of hydrogen-bond acceptors (Lipinski definition) is 2. The molecular weight excluding hydrogens is 415 g/mol. The highest BCUT2D eigenvalue weighted by Gasteiger charge is 2.38. The molecule has 0 unspecified atom stereocenters. The number of aromatic nitrogens is 2. The summed E-state index contributed by atoms with van der Waals surface area (Å²) in [6.45, 7) is 6.22. The van der Waals surface area contributed by atoms with Crippen LogP contribution in [-0.4, -0.2) is 15.7 Å². The summed E-state index contributed by atoms with van der Waals surface area (Å²) in [7, 11) is 0. The highest BCUT2D eigenvalue weighted by atomic mass is 19.4. The zero-order valence-electron chi connectivity index (χ0n) is 18.3. The standard InChI is InChI=1S/C25H26F3N3O/c1-24(2,3)22-20(29-23(32)17-7-5-4-6-8-17)12-11-18(25(26,27)28)21(22)19-13-14-31(30-19)15-16-9-10-16/h4-8,11-14,16H,9-10,15H2,1-3H3,(H,29,32). The normalized spacial score (nSPS) is 14.4. The summed E-state index contributed by atoms with van der Waals surface area (Å²) in [5.41, 5.74) is 0.0405. The quantitative estimate of drug-likeness (QED) is 0.489. The third kappa shape index (κ3) is 4.71. The van der Waals surface area contributed by atoms with Gasteiger partial charge < -0.3 is 5.32 Å². The van der Waals surface area contributed by atoms with Crippen LogP contribution in [0.1, 0.15) is 55.1 Å². The average Bonchev–Trinajstić information content (AvgIpc) is 3.41. The second-order valence-electron chi connectivity index (χ2n) is 9.34. The van der Waals surface area contributed by atoms with E-state index in [1.54, 1.807) is 47.3 Å². The van der Waals surface area contributed by atoms with E-state index in [4.69, 9.17) is 0 Å². The van der Waals surface area contributed by atoms with Crippen LogP contribution in [0.3, 0.4) is 0 Å². The van der Waals surface area contributed by atoms with Crippen LogP contribution >= 0.6 is 0 Å². The third-order valence-electron chi connectivity index (χ3n) is 5.58. The Kier molecular flexibility index (Phi) is 5.61. The molecule has 4 rings (SSSR count). The predicted molar refractivity (Wildman–Crippen MR) is 118 cm³/mol. The lowest BCUT2D eigenvalue weighted by molar-refractivity contribution is -0.137. The lowest BCUT2D eigenvalue weighted by atomic mass is 9.79. The maximum atomic E-state index is 14.1. The van der Waals surface area contributed by atoms with Crippen LogP contribution < -0.4 is 5.32 Å². The van der Waals surface area contributed by atoms with Gasteiger partial charge in [0.2, 0.25) is 0 Å². The van der Waals surface area contributed by atoms with E-state index >= 15 is 0 Å². The molecule has 0 radical (unpaired) electrons. The van der Waals surface area contributed by atoms with Crippen molar-refractivity contribution in [3.63, 3.8) is 0 Å².